The van der Waals surface area contributed by atoms with E-state index in [4.69, 9.17) is 0 Å². The molecule has 2 aliphatic rings. The molecule has 2 aliphatic heterocycles. The molecule has 1 N–H and O–H groups in total. The number of imide groups is 1. The summed E-state index contributed by atoms with van der Waals surface area (Å²) >= 11 is 0.849. The molecule has 0 radical (unpaired) electrons. The standard InChI is InChI=1S/C21H19N5O4S2/c27-20-18(31-21(28)23-20)11-16-4-5-19-22-12-17(26(19)24-16)15-3-1-2-14(10-15)13-25-6-8-32(29,30)9-7-25/h1-5,10-12H,6-9,13H2,(H,23,27,28)/b18-11-. The minimum absolute atomic E-state index is 0.198. The molecule has 0 unspecified atom stereocenters. The van der Waals surface area contributed by atoms with Crippen LogP contribution in [0.3, 0.4) is 0 Å². The maximum atomic E-state index is 11.8. The van der Waals surface area contributed by atoms with E-state index in [1.807, 2.05) is 18.2 Å². The Balaban J connectivity index is 1.42. The Morgan fingerprint density at radius 1 is 1.12 bits per heavy atom. The van der Waals surface area contributed by atoms with Gasteiger partial charge in [-0.15, -0.1) is 0 Å². The Bertz CT molecular complexity index is 1370. The van der Waals surface area contributed by atoms with Gasteiger partial charge in [-0.1, -0.05) is 18.2 Å². The third kappa shape index (κ3) is 4.31. The van der Waals surface area contributed by atoms with Crippen molar-refractivity contribution >= 4 is 44.5 Å². The molecule has 4 heterocycles. The summed E-state index contributed by atoms with van der Waals surface area (Å²) in [5.41, 5.74) is 4.00. The lowest BCUT2D eigenvalue weighted by Gasteiger charge is -2.26. The van der Waals surface area contributed by atoms with Gasteiger partial charge >= 0.3 is 0 Å². The van der Waals surface area contributed by atoms with Gasteiger partial charge in [0.2, 0.25) is 0 Å². The molecular weight excluding hydrogens is 450 g/mol. The van der Waals surface area contributed by atoms with Crippen molar-refractivity contribution in [3.8, 4) is 11.3 Å². The molecule has 0 aliphatic carbocycles. The van der Waals surface area contributed by atoms with Crippen LogP contribution in [0.1, 0.15) is 11.3 Å². The summed E-state index contributed by atoms with van der Waals surface area (Å²) in [5, 5.41) is 6.43. The molecule has 2 saturated heterocycles. The van der Waals surface area contributed by atoms with Crippen molar-refractivity contribution in [2.24, 2.45) is 0 Å². The normalized spacial score (nSPS) is 20.2. The van der Waals surface area contributed by atoms with Crippen molar-refractivity contribution in [2.75, 3.05) is 24.6 Å². The monoisotopic (exact) mass is 469 g/mol. The smallest absolute Gasteiger partial charge is 0.290 e. The van der Waals surface area contributed by atoms with Crippen LogP contribution in [0.4, 0.5) is 4.79 Å². The van der Waals surface area contributed by atoms with E-state index >= 15 is 0 Å². The van der Waals surface area contributed by atoms with Gasteiger partial charge in [0, 0.05) is 25.2 Å². The number of fused-ring (bicyclic) bond motifs is 1. The number of rotatable bonds is 4. The number of benzene rings is 1. The van der Waals surface area contributed by atoms with Crippen molar-refractivity contribution in [3.63, 3.8) is 0 Å². The van der Waals surface area contributed by atoms with Gasteiger partial charge < -0.3 is 0 Å². The van der Waals surface area contributed by atoms with E-state index in [0.29, 0.717) is 35.9 Å². The van der Waals surface area contributed by atoms with Crippen LogP contribution in [0, 0.1) is 0 Å². The Morgan fingerprint density at radius 2 is 1.94 bits per heavy atom. The van der Waals surface area contributed by atoms with E-state index in [2.05, 4.69) is 26.4 Å². The van der Waals surface area contributed by atoms with Gasteiger partial charge in [-0.2, -0.15) is 5.10 Å². The molecule has 164 valence electrons. The number of carbonyl (C=O) groups is 2. The largest absolute Gasteiger partial charge is 0.297 e. The van der Waals surface area contributed by atoms with Crippen molar-refractivity contribution in [3.05, 3.63) is 58.8 Å². The van der Waals surface area contributed by atoms with Crippen LogP contribution in [0.25, 0.3) is 23.0 Å². The fraction of sp³-hybridized carbons (Fsp3) is 0.238. The third-order valence-corrected chi connectivity index (χ3v) is 7.79. The highest BCUT2D eigenvalue weighted by atomic mass is 32.2. The van der Waals surface area contributed by atoms with Gasteiger partial charge in [0.15, 0.2) is 15.5 Å². The maximum Gasteiger partial charge on any atom is 0.290 e. The van der Waals surface area contributed by atoms with Crippen molar-refractivity contribution in [1.29, 1.82) is 0 Å². The molecule has 1 aromatic carbocycles. The Kier molecular flexibility index (Phi) is 5.31. The number of carbonyl (C=O) groups excluding carboxylic acids is 2. The van der Waals surface area contributed by atoms with Crippen LogP contribution in [-0.4, -0.2) is 63.7 Å². The quantitative estimate of drug-likeness (QED) is 0.577. The van der Waals surface area contributed by atoms with E-state index in [-0.39, 0.29) is 11.5 Å². The predicted molar refractivity (Wildman–Crippen MR) is 121 cm³/mol. The van der Waals surface area contributed by atoms with Crippen molar-refractivity contribution in [1.82, 2.24) is 24.8 Å². The number of amides is 2. The number of hydrogen-bond acceptors (Lipinski definition) is 8. The maximum absolute atomic E-state index is 11.8. The molecule has 0 atom stereocenters. The highest BCUT2D eigenvalue weighted by molar-refractivity contribution is 8.18. The van der Waals surface area contributed by atoms with E-state index < -0.39 is 21.0 Å². The lowest BCUT2D eigenvalue weighted by molar-refractivity contribution is -0.115. The first-order chi connectivity index (χ1) is 15.4. The Labute approximate surface area is 188 Å². The van der Waals surface area contributed by atoms with E-state index in [1.54, 1.807) is 28.9 Å². The van der Waals surface area contributed by atoms with Gasteiger partial charge in [0.25, 0.3) is 11.1 Å². The molecule has 5 rings (SSSR count). The highest BCUT2D eigenvalue weighted by Gasteiger charge is 2.25. The zero-order chi connectivity index (χ0) is 22.3. The third-order valence-electron chi connectivity index (χ3n) is 5.37. The summed E-state index contributed by atoms with van der Waals surface area (Å²) in [6.45, 7) is 1.75. The van der Waals surface area contributed by atoms with Crippen LogP contribution in [0.15, 0.2) is 47.5 Å². The molecule has 0 saturated carbocycles. The number of aromatic nitrogens is 3. The van der Waals surface area contributed by atoms with Gasteiger partial charge in [0.05, 0.1) is 34.0 Å². The Morgan fingerprint density at radius 3 is 2.69 bits per heavy atom. The van der Waals surface area contributed by atoms with Crippen LogP contribution < -0.4 is 5.32 Å². The second-order valence-electron chi connectivity index (χ2n) is 7.65. The second kappa shape index (κ2) is 8.15. The Hall–Kier alpha value is -3.02. The highest BCUT2D eigenvalue weighted by Crippen LogP contribution is 2.26. The average Bonchev–Trinajstić information content (AvgIpc) is 3.32. The number of thioether (sulfide) groups is 1. The molecule has 9 nitrogen and oxygen atoms in total. The molecule has 3 aromatic rings. The fourth-order valence-corrected chi connectivity index (χ4v) is 5.66. The summed E-state index contributed by atoms with van der Waals surface area (Å²) in [5.74, 6) is -0.0281. The first kappa shape index (κ1) is 20.9. The minimum Gasteiger partial charge on any atom is -0.297 e. The van der Waals surface area contributed by atoms with Crippen molar-refractivity contribution in [2.45, 2.75) is 6.54 Å². The summed E-state index contributed by atoms with van der Waals surface area (Å²) in [6, 6.07) is 11.6. The molecule has 32 heavy (non-hydrogen) atoms. The molecule has 0 spiro atoms. The van der Waals surface area contributed by atoms with Crippen LogP contribution >= 0.6 is 11.8 Å². The molecule has 11 heteroatoms. The summed E-state index contributed by atoms with van der Waals surface area (Å²) in [7, 11) is -2.91. The first-order valence-corrected chi connectivity index (χ1v) is 12.6. The summed E-state index contributed by atoms with van der Waals surface area (Å²) in [6.07, 6.45) is 3.32. The zero-order valence-electron chi connectivity index (χ0n) is 16.9. The molecular formula is C21H19N5O4S2. The molecule has 2 amide bonds. The van der Waals surface area contributed by atoms with Gasteiger partial charge in [-0.25, -0.2) is 17.9 Å². The molecule has 2 aromatic heterocycles. The minimum atomic E-state index is -2.91. The molecule has 0 bridgehead atoms. The second-order valence-corrected chi connectivity index (χ2v) is 11.0. The number of sulfone groups is 1. The topological polar surface area (TPSA) is 114 Å². The lowest BCUT2D eigenvalue weighted by atomic mass is 10.1. The van der Waals surface area contributed by atoms with E-state index in [1.165, 1.54) is 0 Å². The van der Waals surface area contributed by atoms with E-state index in [0.717, 1.165) is 28.6 Å². The van der Waals surface area contributed by atoms with Crippen molar-refractivity contribution < 1.29 is 18.0 Å². The van der Waals surface area contributed by atoms with Gasteiger partial charge in [-0.3, -0.25) is 19.8 Å². The molecule has 2 fully saturated rings. The average molecular weight is 470 g/mol. The zero-order valence-corrected chi connectivity index (χ0v) is 18.5. The lowest BCUT2D eigenvalue weighted by Crippen LogP contribution is -2.39. The van der Waals surface area contributed by atoms with E-state index in [9.17, 15) is 18.0 Å². The summed E-state index contributed by atoms with van der Waals surface area (Å²) in [4.78, 5) is 30.1. The van der Waals surface area contributed by atoms with Crippen LogP contribution in [0.2, 0.25) is 0 Å². The number of nitrogens with one attached hydrogen (secondary N) is 1. The van der Waals surface area contributed by atoms with Gasteiger partial charge in [0.1, 0.15) is 0 Å². The van der Waals surface area contributed by atoms with Crippen LogP contribution in [0.5, 0.6) is 0 Å². The number of imidazole rings is 1. The van der Waals surface area contributed by atoms with Crippen LogP contribution in [-0.2, 0) is 21.2 Å². The predicted octanol–water partition coefficient (Wildman–Crippen LogP) is 1.95. The summed E-state index contributed by atoms with van der Waals surface area (Å²) < 4.78 is 25.0. The van der Waals surface area contributed by atoms with Gasteiger partial charge in [-0.05, 0) is 41.6 Å². The number of hydrogen-bond donors (Lipinski definition) is 1. The SMILES string of the molecule is O=C1NC(=O)/C(=C/c2ccc3ncc(-c4cccc(CN5CCS(=O)(=O)CC5)c4)n3n2)S1. The fourth-order valence-electron chi connectivity index (χ4n) is 3.71. The first-order valence-electron chi connectivity index (χ1n) is 9.98. The number of nitrogens with zero attached hydrogens (tertiary/aromatic N) is 4.